The van der Waals surface area contributed by atoms with Gasteiger partial charge >= 0.3 is 0 Å². The summed E-state index contributed by atoms with van der Waals surface area (Å²) in [7, 11) is 3.62. The van der Waals surface area contributed by atoms with Gasteiger partial charge in [-0.1, -0.05) is 24.3 Å². The summed E-state index contributed by atoms with van der Waals surface area (Å²) in [6, 6.07) is 13.3. The molecular weight excluding hydrogens is 480 g/mol. The molecule has 0 spiro atoms. The van der Waals surface area contributed by atoms with E-state index in [0.29, 0.717) is 0 Å². The van der Waals surface area contributed by atoms with Crippen molar-refractivity contribution in [2.24, 2.45) is 0 Å². The van der Waals surface area contributed by atoms with Crippen LogP contribution in [0.3, 0.4) is 0 Å². The number of halogens is 1. The predicted octanol–water partition coefficient (Wildman–Crippen LogP) is 6.84. The highest BCUT2D eigenvalue weighted by Gasteiger charge is 2.25. The van der Waals surface area contributed by atoms with Crippen LogP contribution in [-0.4, -0.2) is 63.3 Å². The molecule has 1 fully saturated rings. The zero-order valence-corrected chi connectivity index (χ0v) is 23.9. The molecule has 1 saturated heterocycles. The maximum atomic E-state index is 5.64. The fourth-order valence-corrected chi connectivity index (χ4v) is 7.17. The van der Waals surface area contributed by atoms with Crippen molar-refractivity contribution in [1.82, 2.24) is 9.80 Å². The minimum atomic E-state index is 0. The molecule has 2 aliphatic carbocycles. The first-order valence-electron chi connectivity index (χ1n) is 14.5. The average Bonchev–Trinajstić information content (AvgIpc) is 2.93. The number of ether oxygens (including phenoxy) is 2. The third kappa shape index (κ3) is 6.82. The highest BCUT2D eigenvalue weighted by Crippen LogP contribution is 2.40. The lowest BCUT2D eigenvalue weighted by molar-refractivity contribution is 0.128. The van der Waals surface area contributed by atoms with Gasteiger partial charge in [0.05, 0.1) is 14.2 Å². The molecule has 204 valence electrons. The van der Waals surface area contributed by atoms with Crippen molar-refractivity contribution in [3.05, 3.63) is 58.7 Å². The molecule has 2 unspecified atom stereocenters. The second-order valence-electron chi connectivity index (χ2n) is 11.2. The van der Waals surface area contributed by atoms with E-state index in [9.17, 15) is 0 Å². The van der Waals surface area contributed by atoms with Crippen LogP contribution in [0.15, 0.2) is 36.4 Å². The Bertz CT molecular complexity index is 909. The molecule has 3 aliphatic rings. The molecule has 2 aromatic rings. The van der Waals surface area contributed by atoms with Gasteiger partial charge in [-0.3, -0.25) is 0 Å². The first-order valence-corrected chi connectivity index (χ1v) is 14.5. The summed E-state index contributed by atoms with van der Waals surface area (Å²) < 4.78 is 11.3. The van der Waals surface area contributed by atoms with E-state index in [1.54, 1.807) is 11.1 Å². The van der Waals surface area contributed by atoms with Crippen LogP contribution in [0.1, 0.15) is 85.5 Å². The molecule has 37 heavy (non-hydrogen) atoms. The molecular formula is C32H47ClN2O2. The summed E-state index contributed by atoms with van der Waals surface area (Å²) in [6.07, 6.45) is 12.9. The van der Waals surface area contributed by atoms with Gasteiger partial charge in [0.15, 0.2) is 0 Å². The molecule has 5 heteroatoms. The van der Waals surface area contributed by atoms with Crippen molar-refractivity contribution in [2.45, 2.75) is 76.0 Å². The standard InChI is InChI=1S/C32H46N2O2.ClH/c1-35-31-17-5-13-27-25(9-3-15-29(27)31)11-7-19-33-21-23-34(24-22-33)20-8-12-26-10-4-16-30-28(26)14-6-18-32(30)36-2;/h5-6,13-14,17-18,25-26H,3-4,7-12,15-16,19-24H2,1-2H3;1H. The highest BCUT2D eigenvalue weighted by molar-refractivity contribution is 5.85. The Morgan fingerprint density at radius 1 is 0.676 bits per heavy atom. The number of benzene rings is 2. The Morgan fingerprint density at radius 3 is 1.51 bits per heavy atom. The van der Waals surface area contributed by atoms with Gasteiger partial charge in [-0.05, 0) is 124 Å². The van der Waals surface area contributed by atoms with Crippen LogP contribution in [0, 0.1) is 0 Å². The lowest BCUT2D eigenvalue weighted by Crippen LogP contribution is -2.46. The van der Waals surface area contributed by atoms with Crippen LogP contribution < -0.4 is 9.47 Å². The molecule has 1 aliphatic heterocycles. The van der Waals surface area contributed by atoms with E-state index in [1.165, 1.54) is 115 Å². The number of hydrogen-bond donors (Lipinski definition) is 0. The highest BCUT2D eigenvalue weighted by atomic mass is 35.5. The maximum Gasteiger partial charge on any atom is 0.122 e. The molecule has 5 rings (SSSR count). The van der Waals surface area contributed by atoms with Crippen molar-refractivity contribution < 1.29 is 9.47 Å². The van der Waals surface area contributed by atoms with Gasteiger partial charge in [0.1, 0.15) is 11.5 Å². The maximum absolute atomic E-state index is 5.64. The third-order valence-corrected chi connectivity index (χ3v) is 9.14. The second-order valence-corrected chi connectivity index (χ2v) is 11.2. The van der Waals surface area contributed by atoms with Crippen LogP contribution in [0.4, 0.5) is 0 Å². The summed E-state index contributed by atoms with van der Waals surface area (Å²) >= 11 is 0. The molecule has 0 amide bonds. The smallest absolute Gasteiger partial charge is 0.122 e. The lowest BCUT2D eigenvalue weighted by Gasteiger charge is -2.35. The molecule has 1 heterocycles. The Hall–Kier alpha value is -1.75. The zero-order valence-electron chi connectivity index (χ0n) is 23.1. The van der Waals surface area contributed by atoms with Gasteiger partial charge in [-0.15, -0.1) is 12.4 Å². The number of rotatable bonds is 10. The fraction of sp³-hybridized carbons (Fsp3) is 0.625. The molecule has 2 atom stereocenters. The Morgan fingerprint density at radius 2 is 1.11 bits per heavy atom. The average molecular weight is 527 g/mol. The Kier molecular flexibility index (Phi) is 10.6. The monoisotopic (exact) mass is 526 g/mol. The quantitative estimate of drug-likeness (QED) is 0.338. The van der Waals surface area contributed by atoms with Crippen molar-refractivity contribution in [3.8, 4) is 11.5 Å². The van der Waals surface area contributed by atoms with Crippen LogP contribution in [0.25, 0.3) is 0 Å². The first-order chi connectivity index (χ1) is 17.8. The van der Waals surface area contributed by atoms with Gasteiger partial charge in [-0.25, -0.2) is 0 Å². The molecule has 0 radical (unpaired) electrons. The summed E-state index contributed by atoms with van der Waals surface area (Å²) in [5.41, 5.74) is 6.07. The van der Waals surface area contributed by atoms with E-state index in [0.717, 1.165) is 23.3 Å². The van der Waals surface area contributed by atoms with E-state index < -0.39 is 0 Å². The number of methoxy groups -OCH3 is 2. The minimum Gasteiger partial charge on any atom is -0.496 e. The summed E-state index contributed by atoms with van der Waals surface area (Å²) in [5.74, 6) is 3.63. The van der Waals surface area contributed by atoms with E-state index in [1.807, 2.05) is 14.2 Å². The second kappa shape index (κ2) is 13.9. The zero-order chi connectivity index (χ0) is 24.7. The van der Waals surface area contributed by atoms with Crippen molar-refractivity contribution in [2.75, 3.05) is 53.5 Å². The van der Waals surface area contributed by atoms with E-state index in [4.69, 9.17) is 9.47 Å². The number of nitrogens with zero attached hydrogens (tertiary/aromatic N) is 2. The van der Waals surface area contributed by atoms with Gasteiger partial charge in [0.25, 0.3) is 0 Å². The van der Waals surface area contributed by atoms with Gasteiger partial charge < -0.3 is 19.3 Å². The van der Waals surface area contributed by atoms with Crippen LogP contribution in [0.2, 0.25) is 0 Å². The summed E-state index contributed by atoms with van der Waals surface area (Å²) in [5, 5.41) is 0. The normalized spacial score (nSPS) is 22.0. The topological polar surface area (TPSA) is 24.9 Å². The van der Waals surface area contributed by atoms with E-state index in [-0.39, 0.29) is 12.4 Å². The van der Waals surface area contributed by atoms with Crippen molar-refractivity contribution >= 4 is 12.4 Å². The first kappa shape index (κ1) is 28.3. The number of hydrogen-bond acceptors (Lipinski definition) is 4. The molecule has 4 nitrogen and oxygen atoms in total. The molecule has 2 aromatic carbocycles. The van der Waals surface area contributed by atoms with Crippen molar-refractivity contribution in [1.29, 1.82) is 0 Å². The third-order valence-electron chi connectivity index (χ3n) is 9.14. The van der Waals surface area contributed by atoms with E-state index >= 15 is 0 Å². The Balaban J connectivity index is 0.00000320. The summed E-state index contributed by atoms with van der Waals surface area (Å²) in [4.78, 5) is 5.41. The Labute approximate surface area is 231 Å². The van der Waals surface area contributed by atoms with Crippen LogP contribution >= 0.6 is 12.4 Å². The van der Waals surface area contributed by atoms with Gasteiger partial charge in [0, 0.05) is 26.2 Å². The van der Waals surface area contributed by atoms with Crippen LogP contribution in [-0.2, 0) is 12.8 Å². The van der Waals surface area contributed by atoms with Crippen molar-refractivity contribution in [3.63, 3.8) is 0 Å². The van der Waals surface area contributed by atoms with Crippen LogP contribution in [0.5, 0.6) is 11.5 Å². The van der Waals surface area contributed by atoms with Gasteiger partial charge in [-0.2, -0.15) is 0 Å². The number of fused-ring (bicyclic) bond motifs is 2. The predicted molar refractivity (Wildman–Crippen MR) is 156 cm³/mol. The fourth-order valence-electron chi connectivity index (χ4n) is 7.17. The molecule has 0 bridgehead atoms. The largest absolute Gasteiger partial charge is 0.496 e. The van der Waals surface area contributed by atoms with Gasteiger partial charge in [0.2, 0.25) is 0 Å². The molecule has 0 N–H and O–H groups in total. The minimum absolute atomic E-state index is 0. The SMILES string of the molecule is COc1cccc2c1CCCC2CCCN1CCN(CCCC2CCCc3c(OC)cccc32)CC1.Cl. The molecule has 0 aromatic heterocycles. The molecule has 0 saturated carbocycles. The lowest BCUT2D eigenvalue weighted by atomic mass is 9.80. The van der Waals surface area contributed by atoms with E-state index in [2.05, 4.69) is 46.2 Å². The number of piperazine rings is 1. The summed E-state index contributed by atoms with van der Waals surface area (Å²) in [6.45, 7) is 7.45.